The molecule has 1 aliphatic carbocycles. The number of methoxy groups -OCH3 is 1. The zero-order valence-electron chi connectivity index (χ0n) is 72.4. The summed E-state index contributed by atoms with van der Waals surface area (Å²) in [6.07, 6.45) is 25.3. The normalized spacial score (nSPS) is 14.4. The number of phenols is 2. The van der Waals surface area contributed by atoms with Gasteiger partial charge in [0.15, 0.2) is 40.0 Å². The minimum atomic E-state index is -1.000. The Bertz CT molecular complexity index is 6730. The first-order valence-corrected chi connectivity index (χ1v) is 43.6. The van der Waals surface area contributed by atoms with Gasteiger partial charge in [0.25, 0.3) is 5.91 Å². The van der Waals surface area contributed by atoms with Crippen LogP contribution < -0.4 is 42.6 Å². The third-order valence-corrected chi connectivity index (χ3v) is 24.5. The summed E-state index contributed by atoms with van der Waals surface area (Å²) in [6, 6.07) is 62.6. The monoisotopic (exact) mass is 1730 g/mol. The molecular formula is C101H102F2N18O8. The third kappa shape index (κ3) is 19.8. The van der Waals surface area contributed by atoms with E-state index in [0.29, 0.717) is 52.1 Å². The number of ether oxygens (including phenoxy) is 2. The van der Waals surface area contributed by atoms with E-state index >= 15 is 0 Å². The van der Waals surface area contributed by atoms with Crippen LogP contribution in [-0.4, -0.2) is 158 Å². The molecule has 0 unspecified atom stereocenters. The molecule has 28 heteroatoms. The Labute approximate surface area is 744 Å². The number of aromatic nitrogens is 10. The number of likely N-dealkylation sites (tertiary alicyclic amines) is 2. The quantitative estimate of drug-likeness (QED) is 0.0343. The summed E-state index contributed by atoms with van der Waals surface area (Å²) in [5, 5.41) is 36.4. The number of piperidine rings is 2. The molecule has 16 aromatic rings. The van der Waals surface area contributed by atoms with Crippen LogP contribution in [0.4, 0.5) is 60.0 Å². The number of hydrogen-bond acceptors (Lipinski definition) is 18. The van der Waals surface area contributed by atoms with Crippen LogP contribution in [0.3, 0.4) is 0 Å². The van der Waals surface area contributed by atoms with Gasteiger partial charge in [-0.1, -0.05) is 24.3 Å². The molecule has 26 nitrogen and oxygen atoms in total. The number of fused-ring (bicyclic) bond motifs is 4. The van der Waals surface area contributed by atoms with E-state index in [1.165, 1.54) is 36.1 Å². The molecule has 0 radical (unpaired) electrons. The van der Waals surface area contributed by atoms with E-state index in [-0.39, 0.29) is 29.5 Å². The van der Waals surface area contributed by atoms with Gasteiger partial charge in [-0.3, -0.25) is 36.8 Å². The summed E-state index contributed by atoms with van der Waals surface area (Å²) in [7, 11) is 1.55. The van der Waals surface area contributed by atoms with Gasteiger partial charge in [0.05, 0.1) is 58.7 Å². The number of pyridine rings is 6. The molecule has 0 spiro atoms. The van der Waals surface area contributed by atoms with Gasteiger partial charge in [-0.05, 0) is 283 Å². The lowest BCUT2D eigenvalue weighted by atomic mass is 9.89. The molecule has 1 saturated carbocycles. The van der Waals surface area contributed by atoms with E-state index < -0.39 is 17.4 Å². The Morgan fingerprint density at radius 1 is 0.473 bits per heavy atom. The van der Waals surface area contributed by atoms with Crippen molar-refractivity contribution in [2.24, 2.45) is 0 Å². The highest BCUT2D eigenvalue weighted by molar-refractivity contribution is 5.95. The average Bonchev–Trinajstić information content (AvgIpc) is 1.72. The van der Waals surface area contributed by atoms with Crippen molar-refractivity contribution in [3.63, 3.8) is 0 Å². The highest BCUT2D eigenvalue weighted by atomic mass is 19.1. The molecule has 20 rings (SSSR count). The molecular weight excluding hydrogens is 1630 g/mol. The fourth-order valence-electron chi connectivity index (χ4n) is 17.2. The SMILES string of the molecule is CC(C)N1CCC(c2ccc(Nc3ccc(-c4cc(F)c(O)c(F)c4)n4ccnc34)cc2)CC1.COCC(=O)N1CCC(c2ccc(Nc3ccc(-c4cc[nH]c(=O)c4)n4ccnc34)cc2)CC1.Cc1cc(-c2ccc(Nc3ccc(N4CCOCC4)cc3)c3nccn23)cc(C)c1O.O=C(NC1CCC1)c1ccc(Nc2ccc(-c3cc[nH]c(=O)c3)n3ccnc23)cc1. The number of H-pyrrole nitrogens is 2. The van der Waals surface area contributed by atoms with Crippen molar-refractivity contribution in [2.75, 3.05) is 92.4 Å². The first kappa shape index (κ1) is 86.4. The van der Waals surface area contributed by atoms with Crippen molar-refractivity contribution in [1.29, 1.82) is 0 Å². The lowest BCUT2D eigenvalue weighted by Gasteiger charge is -2.34. The number of imidazole rings is 4. The van der Waals surface area contributed by atoms with Gasteiger partial charge in [0.2, 0.25) is 17.0 Å². The molecule has 4 aliphatic rings. The van der Waals surface area contributed by atoms with Gasteiger partial charge >= 0.3 is 0 Å². The molecule has 3 aliphatic heterocycles. The number of rotatable bonds is 20. The number of aromatic hydroxyl groups is 2. The summed E-state index contributed by atoms with van der Waals surface area (Å²) >= 11 is 0. The topological polar surface area (TPSA) is 298 Å². The molecule has 0 atom stereocenters. The van der Waals surface area contributed by atoms with Gasteiger partial charge in [-0.25, -0.2) is 28.7 Å². The minimum absolute atomic E-state index is 0.0240. The number of phenolic OH excluding ortho intramolecular Hbond substituents is 2. The number of amides is 2. The Morgan fingerprint density at radius 3 is 1.25 bits per heavy atom. The van der Waals surface area contributed by atoms with Crippen LogP contribution in [0.1, 0.15) is 103 Å². The Hall–Kier alpha value is -14.7. The number of aryl methyl sites for hydroxylation is 2. The summed E-state index contributed by atoms with van der Waals surface area (Å²) < 4.78 is 46.0. The number of morpholine rings is 1. The first-order valence-electron chi connectivity index (χ1n) is 43.6. The van der Waals surface area contributed by atoms with E-state index in [4.69, 9.17) is 9.47 Å². The molecule has 0 bridgehead atoms. The van der Waals surface area contributed by atoms with Gasteiger partial charge in [0.1, 0.15) is 12.4 Å². The number of carbonyl (C=O) groups excluding carboxylic acids is 2. The zero-order valence-corrected chi connectivity index (χ0v) is 72.4. The summed E-state index contributed by atoms with van der Waals surface area (Å²) in [4.78, 5) is 77.8. The van der Waals surface area contributed by atoms with Crippen LogP contribution in [0.15, 0.2) is 266 Å². The number of carbonyl (C=O) groups is 2. The highest BCUT2D eigenvalue weighted by Gasteiger charge is 2.27. The van der Waals surface area contributed by atoms with Crippen molar-refractivity contribution in [3.05, 3.63) is 316 Å². The lowest BCUT2D eigenvalue weighted by molar-refractivity contribution is -0.136. The fourth-order valence-corrected chi connectivity index (χ4v) is 17.2. The molecule has 9 N–H and O–H groups in total. The Morgan fingerprint density at radius 2 is 0.860 bits per heavy atom. The molecule has 6 aromatic carbocycles. The van der Waals surface area contributed by atoms with Crippen LogP contribution in [0.5, 0.6) is 11.5 Å². The van der Waals surface area contributed by atoms with Crippen LogP contribution >= 0.6 is 0 Å². The van der Waals surface area contributed by atoms with Crippen molar-refractivity contribution < 1.29 is 38.1 Å². The van der Waals surface area contributed by atoms with E-state index in [1.807, 2.05) is 131 Å². The average molecular weight is 1730 g/mol. The molecule has 658 valence electrons. The Kier molecular flexibility index (Phi) is 26.1. The van der Waals surface area contributed by atoms with E-state index in [0.717, 1.165) is 198 Å². The highest BCUT2D eigenvalue weighted by Crippen LogP contribution is 2.39. The summed E-state index contributed by atoms with van der Waals surface area (Å²) in [5.74, 6) is -1.54. The predicted molar refractivity (Wildman–Crippen MR) is 503 cm³/mol. The van der Waals surface area contributed by atoms with Crippen molar-refractivity contribution >= 4 is 85.6 Å². The standard InChI is InChI=1S/C27H28F2N4O.C26H27N5O3.C25H26N4O2.C23H21N5O2/c1-17(2)32-12-9-19(10-13-32)18-3-5-21(6-4-18)31-24-7-8-25(33-14-11-30-27(24)33)20-15-22(28)26(34)23(29)16-20;1-34-17-25(33)30-13-9-19(10-14-30)18-2-4-21(5-3-18)29-22-6-7-23(31-15-12-28-26(22)31)20-8-11-27-24(32)16-20;1-17-15-19(16-18(2)24(17)30)23-8-7-22(25-26-9-10-29(23)25)27-20-3-5-21(6-4-20)28-11-13-31-14-12-28;29-21-14-16(10-11-24-21)20-9-8-19(22-25-12-13-28(20)22)26-18-6-4-15(5-7-18)23(30)27-17-2-1-3-17/h3-8,11,14-17,19,31,34H,9-10,12-13H2,1-2H3;2-8,11-12,15-16,19,29H,9-10,13-14,17H2,1H3,(H,27,32);3-10,15-16,27,30H,11-14H2,1-2H3;4-14,17,26H,1-3H2,(H,24,29)(H,27,30). The number of aromatic amines is 2. The van der Waals surface area contributed by atoms with E-state index in [2.05, 4.69) is 169 Å². The third-order valence-electron chi connectivity index (χ3n) is 24.5. The van der Waals surface area contributed by atoms with Crippen LogP contribution in [0, 0.1) is 25.5 Å². The van der Waals surface area contributed by atoms with Gasteiger partial charge < -0.3 is 70.9 Å². The lowest BCUT2D eigenvalue weighted by Crippen LogP contribution is -2.39. The van der Waals surface area contributed by atoms with Crippen LogP contribution in [0.2, 0.25) is 0 Å². The maximum absolute atomic E-state index is 13.9. The molecule has 3 saturated heterocycles. The van der Waals surface area contributed by atoms with Crippen molar-refractivity contribution in [1.82, 2.24) is 62.6 Å². The molecule has 4 fully saturated rings. The second kappa shape index (κ2) is 39.0. The molecule has 10 aromatic heterocycles. The molecule has 129 heavy (non-hydrogen) atoms. The predicted octanol–water partition coefficient (Wildman–Crippen LogP) is 18.7. The number of halogens is 2. The van der Waals surface area contributed by atoms with Crippen molar-refractivity contribution in [2.45, 2.75) is 96.6 Å². The summed E-state index contributed by atoms with van der Waals surface area (Å²) in [6.45, 7) is 15.8. The minimum Gasteiger partial charge on any atom is -0.507 e. The maximum Gasteiger partial charge on any atom is 0.251 e. The number of nitrogens with zero attached hydrogens (tertiary/aromatic N) is 11. The Balaban J connectivity index is 0.000000121. The van der Waals surface area contributed by atoms with E-state index in [9.17, 15) is 38.2 Å². The summed E-state index contributed by atoms with van der Waals surface area (Å²) in [5.41, 5.74) is 22.7. The second-order valence-corrected chi connectivity index (χ2v) is 33.2. The van der Waals surface area contributed by atoms with E-state index in [1.54, 1.807) is 66.9 Å². The van der Waals surface area contributed by atoms with Gasteiger partial charge in [-0.15, -0.1) is 0 Å². The molecule has 13 heterocycles. The van der Waals surface area contributed by atoms with Crippen molar-refractivity contribution in [3.8, 4) is 56.5 Å². The largest absolute Gasteiger partial charge is 0.507 e. The zero-order chi connectivity index (χ0) is 89.2. The first-order chi connectivity index (χ1) is 62.8. The second-order valence-electron chi connectivity index (χ2n) is 33.2. The van der Waals surface area contributed by atoms with Crippen LogP contribution in [0.25, 0.3) is 67.6 Å². The smallest absolute Gasteiger partial charge is 0.251 e. The van der Waals surface area contributed by atoms with Gasteiger partial charge in [-0.2, -0.15) is 0 Å². The van der Waals surface area contributed by atoms with Crippen LogP contribution in [-0.2, 0) is 14.3 Å². The number of hydrogen-bond donors (Lipinski definition) is 9. The number of benzene rings is 6. The number of nitrogens with one attached hydrogen (secondary N) is 7. The number of anilines is 9. The molecule has 2 amide bonds. The fraction of sp³-hybridized carbons (Fsp3) is 0.248. The van der Waals surface area contributed by atoms with Gasteiger partial charge in [0, 0.05) is 170 Å². The maximum atomic E-state index is 13.9.